The molecular formula is C24H19FO5S. The highest BCUT2D eigenvalue weighted by atomic mass is 32.2. The zero-order chi connectivity index (χ0) is 22.0. The normalized spacial score (nSPS) is 10.9. The Morgan fingerprint density at radius 2 is 1.90 bits per heavy atom. The van der Waals surface area contributed by atoms with Crippen LogP contribution in [0.25, 0.3) is 22.3 Å². The summed E-state index contributed by atoms with van der Waals surface area (Å²) in [4.78, 5) is 13.2. The average Bonchev–Trinajstić information content (AvgIpc) is 3.13. The molecule has 0 amide bonds. The van der Waals surface area contributed by atoms with E-state index < -0.39 is 11.8 Å². The number of para-hydroxylation sites is 1. The fraction of sp³-hybridized carbons (Fsp3) is 0.125. The van der Waals surface area contributed by atoms with Gasteiger partial charge in [0.05, 0.1) is 18.4 Å². The summed E-state index contributed by atoms with van der Waals surface area (Å²) in [5.41, 5.74) is 2.15. The second-order valence-corrected chi connectivity index (χ2v) is 7.58. The topological polar surface area (TPSA) is 68.9 Å². The third-order valence-corrected chi connectivity index (χ3v) is 5.58. The molecule has 4 rings (SSSR count). The molecule has 1 aromatic heterocycles. The minimum Gasteiger partial charge on any atom is -0.504 e. The van der Waals surface area contributed by atoms with Crippen molar-refractivity contribution in [2.24, 2.45) is 0 Å². The molecule has 4 aromatic rings. The average molecular weight is 438 g/mol. The SMILES string of the molecule is COc1cc(-c2oc3ccc(CC(=O)Oc4ccccc4F)cc3c2SC)ccc1O. The Bertz CT molecular complexity index is 1260. The molecule has 1 heterocycles. The molecule has 0 saturated heterocycles. The lowest BCUT2D eigenvalue weighted by molar-refractivity contribution is -0.133. The van der Waals surface area contributed by atoms with Crippen molar-refractivity contribution in [1.29, 1.82) is 0 Å². The Hall–Kier alpha value is -3.45. The number of esters is 1. The molecule has 0 aliphatic carbocycles. The number of benzene rings is 3. The minimum absolute atomic E-state index is 0.00829. The first-order chi connectivity index (χ1) is 15.0. The predicted molar refractivity (Wildman–Crippen MR) is 117 cm³/mol. The van der Waals surface area contributed by atoms with Crippen molar-refractivity contribution in [3.8, 4) is 28.6 Å². The van der Waals surface area contributed by atoms with Crippen molar-refractivity contribution in [1.82, 2.24) is 0 Å². The maximum absolute atomic E-state index is 13.7. The Labute approximate surface area is 182 Å². The zero-order valence-corrected chi connectivity index (χ0v) is 17.7. The van der Waals surface area contributed by atoms with Crippen LogP contribution in [0.15, 0.2) is 70.0 Å². The van der Waals surface area contributed by atoms with E-state index in [1.165, 1.54) is 37.1 Å². The lowest BCUT2D eigenvalue weighted by Crippen LogP contribution is -2.12. The van der Waals surface area contributed by atoms with Crippen molar-refractivity contribution in [3.63, 3.8) is 0 Å². The molecule has 31 heavy (non-hydrogen) atoms. The van der Waals surface area contributed by atoms with Crippen molar-refractivity contribution in [2.75, 3.05) is 13.4 Å². The number of fused-ring (bicyclic) bond motifs is 1. The predicted octanol–water partition coefficient (Wildman–Crippen LogP) is 5.82. The van der Waals surface area contributed by atoms with Crippen LogP contribution in [0.4, 0.5) is 4.39 Å². The van der Waals surface area contributed by atoms with Gasteiger partial charge >= 0.3 is 5.97 Å². The van der Waals surface area contributed by atoms with E-state index in [2.05, 4.69) is 0 Å². The van der Waals surface area contributed by atoms with Crippen molar-refractivity contribution in [2.45, 2.75) is 11.3 Å². The molecule has 0 radical (unpaired) electrons. The second-order valence-electron chi connectivity index (χ2n) is 6.76. The molecule has 5 nitrogen and oxygen atoms in total. The number of ether oxygens (including phenoxy) is 2. The van der Waals surface area contributed by atoms with Crippen molar-refractivity contribution >= 4 is 28.7 Å². The maximum atomic E-state index is 13.7. The van der Waals surface area contributed by atoms with E-state index in [1.54, 1.807) is 36.4 Å². The van der Waals surface area contributed by atoms with Crippen LogP contribution in [-0.2, 0) is 11.2 Å². The molecule has 158 valence electrons. The lowest BCUT2D eigenvalue weighted by atomic mass is 10.1. The van der Waals surface area contributed by atoms with E-state index in [4.69, 9.17) is 13.9 Å². The number of aromatic hydroxyl groups is 1. The van der Waals surface area contributed by atoms with Crippen LogP contribution in [0.1, 0.15) is 5.56 Å². The number of furan rings is 1. The fourth-order valence-electron chi connectivity index (χ4n) is 3.30. The van der Waals surface area contributed by atoms with Crippen LogP contribution in [0.3, 0.4) is 0 Å². The molecule has 1 N–H and O–H groups in total. The number of phenols is 1. The quantitative estimate of drug-likeness (QED) is 0.232. The minimum atomic E-state index is -0.584. The molecule has 0 unspecified atom stereocenters. The largest absolute Gasteiger partial charge is 0.504 e. The Balaban J connectivity index is 1.65. The van der Waals surface area contributed by atoms with E-state index in [1.807, 2.05) is 12.3 Å². The Morgan fingerprint density at radius 1 is 1.10 bits per heavy atom. The van der Waals surface area contributed by atoms with Gasteiger partial charge in [-0.2, -0.15) is 0 Å². The third kappa shape index (κ3) is 4.22. The lowest BCUT2D eigenvalue weighted by Gasteiger charge is -2.06. The van der Waals surface area contributed by atoms with E-state index in [9.17, 15) is 14.3 Å². The number of carbonyl (C=O) groups is 1. The number of carbonyl (C=O) groups excluding carboxylic acids is 1. The molecule has 0 aliphatic heterocycles. The van der Waals surface area contributed by atoms with Gasteiger partial charge in [-0.3, -0.25) is 4.79 Å². The van der Waals surface area contributed by atoms with Gasteiger partial charge in [0.2, 0.25) is 0 Å². The number of hydrogen-bond acceptors (Lipinski definition) is 6. The summed E-state index contributed by atoms with van der Waals surface area (Å²) in [5, 5.41) is 10.7. The first-order valence-electron chi connectivity index (χ1n) is 9.42. The number of phenolic OH excluding ortho intramolecular Hbond substituents is 1. The van der Waals surface area contributed by atoms with Crippen LogP contribution in [0, 0.1) is 5.82 Å². The number of thioether (sulfide) groups is 1. The van der Waals surface area contributed by atoms with Gasteiger partial charge in [-0.25, -0.2) is 4.39 Å². The summed E-state index contributed by atoms with van der Waals surface area (Å²) in [5.74, 6) is -0.190. The standard InChI is InChI=1S/C24H19FO5S/c1-28-21-13-15(8-9-18(21)26)23-24(31-2)16-11-14(7-10-19(16)30-23)12-22(27)29-20-6-4-3-5-17(20)25/h3-11,13,26H,12H2,1-2H3. The monoisotopic (exact) mass is 438 g/mol. The first-order valence-corrected chi connectivity index (χ1v) is 10.6. The highest BCUT2D eigenvalue weighted by Gasteiger charge is 2.18. The Morgan fingerprint density at radius 3 is 2.65 bits per heavy atom. The zero-order valence-electron chi connectivity index (χ0n) is 16.8. The molecular weight excluding hydrogens is 419 g/mol. The van der Waals surface area contributed by atoms with Gasteiger partial charge < -0.3 is 19.0 Å². The van der Waals surface area contributed by atoms with Crippen LogP contribution < -0.4 is 9.47 Å². The third-order valence-electron chi connectivity index (χ3n) is 4.76. The van der Waals surface area contributed by atoms with Crippen LogP contribution in [-0.4, -0.2) is 24.4 Å². The molecule has 0 fully saturated rings. The van der Waals surface area contributed by atoms with Crippen LogP contribution in [0.2, 0.25) is 0 Å². The Kier molecular flexibility index (Phi) is 5.86. The van der Waals surface area contributed by atoms with Gasteiger partial charge in [0, 0.05) is 10.9 Å². The smallest absolute Gasteiger partial charge is 0.315 e. The number of halogens is 1. The van der Waals surface area contributed by atoms with Crippen molar-refractivity contribution in [3.05, 3.63) is 72.0 Å². The molecule has 0 aliphatic rings. The van der Waals surface area contributed by atoms with E-state index >= 15 is 0 Å². The number of hydrogen-bond donors (Lipinski definition) is 1. The molecule has 0 bridgehead atoms. The molecule has 3 aromatic carbocycles. The summed E-state index contributed by atoms with van der Waals surface area (Å²) in [6.07, 6.45) is 1.93. The summed E-state index contributed by atoms with van der Waals surface area (Å²) in [6, 6.07) is 16.2. The second kappa shape index (κ2) is 8.73. The fourth-order valence-corrected chi connectivity index (χ4v) is 4.02. The summed E-state index contributed by atoms with van der Waals surface area (Å²) in [7, 11) is 1.49. The van der Waals surface area contributed by atoms with E-state index in [0.717, 1.165) is 21.4 Å². The summed E-state index contributed by atoms with van der Waals surface area (Å²) >= 11 is 1.51. The van der Waals surface area contributed by atoms with Gasteiger partial charge in [-0.15, -0.1) is 11.8 Å². The van der Waals surface area contributed by atoms with Gasteiger partial charge in [-0.1, -0.05) is 18.2 Å². The van der Waals surface area contributed by atoms with Crippen LogP contribution >= 0.6 is 11.8 Å². The van der Waals surface area contributed by atoms with Crippen molar-refractivity contribution < 1.29 is 28.2 Å². The summed E-state index contributed by atoms with van der Waals surface area (Å²) < 4.78 is 30.1. The van der Waals surface area contributed by atoms with Gasteiger partial charge in [0.1, 0.15) is 11.3 Å². The molecule has 0 atom stereocenters. The number of rotatable bonds is 6. The molecule has 7 heteroatoms. The number of methoxy groups -OCH3 is 1. The first kappa shape index (κ1) is 20.8. The van der Waals surface area contributed by atoms with Gasteiger partial charge in [0.15, 0.2) is 23.1 Å². The van der Waals surface area contributed by atoms with Crippen LogP contribution in [0.5, 0.6) is 17.2 Å². The van der Waals surface area contributed by atoms with E-state index in [-0.39, 0.29) is 17.9 Å². The molecule has 0 spiro atoms. The van der Waals surface area contributed by atoms with Gasteiger partial charge in [-0.05, 0) is 54.3 Å². The highest BCUT2D eigenvalue weighted by molar-refractivity contribution is 7.99. The molecule has 0 saturated carbocycles. The maximum Gasteiger partial charge on any atom is 0.315 e. The highest BCUT2D eigenvalue weighted by Crippen LogP contribution is 2.42. The summed E-state index contributed by atoms with van der Waals surface area (Å²) in [6.45, 7) is 0. The van der Waals surface area contributed by atoms with E-state index in [0.29, 0.717) is 17.1 Å². The van der Waals surface area contributed by atoms with Gasteiger partial charge in [0.25, 0.3) is 0 Å².